The summed E-state index contributed by atoms with van der Waals surface area (Å²) in [5.41, 5.74) is 4.53. The highest BCUT2D eigenvalue weighted by Gasteiger charge is 2.25. The van der Waals surface area contributed by atoms with Gasteiger partial charge in [0.25, 0.3) is 5.91 Å². The molecule has 5 rings (SSSR count). The van der Waals surface area contributed by atoms with Gasteiger partial charge in [0, 0.05) is 17.6 Å². The Kier molecular flexibility index (Phi) is 6.59. The monoisotopic (exact) mass is 484 g/mol. The molecule has 0 unspecified atom stereocenters. The Morgan fingerprint density at radius 2 is 1.69 bits per heavy atom. The Morgan fingerprint density at radius 3 is 2.39 bits per heavy atom. The van der Waals surface area contributed by atoms with Crippen LogP contribution in [-0.4, -0.2) is 44.8 Å². The Balaban J connectivity index is 1.28. The van der Waals surface area contributed by atoms with Crippen LogP contribution in [0, 0.1) is 20.8 Å². The van der Waals surface area contributed by atoms with Crippen molar-refractivity contribution in [3.8, 4) is 11.4 Å². The van der Waals surface area contributed by atoms with Crippen molar-refractivity contribution < 1.29 is 9.53 Å². The quantitative estimate of drug-likeness (QED) is 0.404. The summed E-state index contributed by atoms with van der Waals surface area (Å²) < 4.78 is 7.08. The molecule has 186 valence electrons. The molecule has 2 aromatic heterocycles. The van der Waals surface area contributed by atoms with E-state index in [-0.39, 0.29) is 18.0 Å². The smallest absolute Gasteiger partial charge is 0.251 e. The van der Waals surface area contributed by atoms with Crippen LogP contribution in [0.1, 0.15) is 53.1 Å². The van der Waals surface area contributed by atoms with Crippen LogP contribution >= 0.6 is 0 Å². The van der Waals surface area contributed by atoms with E-state index in [9.17, 15) is 4.79 Å². The number of nitrogens with zero attached hydrogens (tertiary/aromatic N) is 4. The summed E-state index contributed by atoms with van der Waals surface area (Å²) >= 11 is 0. The van der Waals surface area contributed by atoms with Gasteiger partial charge in [-0.2, -0.15) is 5.10 Å². The van der Waals surface area contributed by atoms with Gasteiger partial charge in [-0.15, -0.1) is 0 Å². The summed E-state index contributed by atoms with van der Waals surface area (Å²) in [5.74, 6) is 2.24. The molecule has 1 aliphatic rings. The molecule has 36 heavy (non-hydrogen) atoms. The molecule has 2 heterocycles. The lowest BCUT2D eigenvalue weighted by atomic mass is 9.91. The molecule has 0 bridgehead atoms. The number of ether oxygens (including phenoxy) is 1. The predicted octanol–water partition coefficient (Wildman–Crippen LogP) is 4.90. The second kappa shape index (κ2) is 9.97. The molecule has 8 nitrogen and oxygen atoms in total. The fourth-order valence-corrected chi connectivity index (χ4v) is 4.92. The van der Waals surface area contributed by atoms with Gasteiger partial charge in [0.1, 0.15) is 17.4 Å². The van der Waals surface area contributed by atoms with Crippen molar-refractivity contribution >= 4 is 22.8 Å². The Labute approximate surface area is 211 Å². The molecule has 0 saturated heterocycles. The average molecular weight is 485 g/mol. The molecule has 0 spiro atoms. The van der Waals surface area contributed by atoms with E-state index in [0.29, 0.717) is 11.4 Å². The second-order valence-electron chi connectivity index (χ2n) is 9.55. The molecular formula is C28H32N6O2. The number of hydrogen-bond donors (Lipinski definition) is 2. The van der Waals surface area contributed by atoms with Gasteiger partial charge in [-0.1, -0.05) is 12.1 Å². The zero-order valence-electron chi connectivity index (χ0n) is 21.2. The highest BCUT2D eigenvalue weighted by atomic mass is 16.5. The largest absolute Gasteiger partial charge is 0.497 e. The van der Waals surface area contributed by atoms with Gasteiger partial charge in [0.05, 0.1) is 23.9 Å². The third-order valence-electron chi connectivity index (χ3n) is 6.82. The lowest BCUT2D eigenvalue weighted by molar-refractivity contribution is 0.0926. The van der Waals surface area contributed by atoms with Crippen LogP contribution < -0.4 is 15.4 Å². The van der Waals surface area contributed by atoms with E-state index in [2.05, 4.69) is 29.7 Å². The van der Waals surface area contributed by atoms with Crippen LogP contribution in [0.4, 0.5) is 5.82 Å². The molecule has 0 atom stereocenters. The number of nitrogens with one attached hydrogen (secondary N) is 2. The van der Waals surface area contributed by atoms with Crippen molar-refractivity contribution in [3.05, 3.63) is 71.2 Å². The summed E-state index contributed by atoms with van der Waals surface area (Å²) in [6.07, 6.45) is 3.72. The first-order valence-corrected chi connectivity index (χ1v) is 12.4. The van der Waals surface area contributed by atoms with E-state index in [1.807, 2.05) is 42.8 Å². The van der Waals surface area contributed by atoms with Gasteiger partial charge >= 0.3 is 0 Å². The number of methoxy groups -OCH3 is 1. The number of benzene rings is 2. The maximum Gasteiger partial charge on any atom is 0.251 e. The number of carbonyl (C=O) groups is 1. The lowest BCUT2D eigenvalue weighted by Gasteiger charge is -2.30. The highest BCUT2D eigenvalue weighted by molar-refractivity contribution is 5.94. The predicted molar refractivity (Wildman–Crippen MR) is 141 cm³/mol. The first kappa shape index (κ1) is 23.8. The molecule has 1 fully saturated rings. The number of anilines is 1. The van der Waals surface area contributed by atoms with E-state index in [0.717, 1.165) is 59.7 Å². The van der Waals surface area contributed by atoms with Crippen LogP contribution in [-0.2, 0) is 0 Å². The topological polar surface area (TPSA) is 94.0 Å². The standard InChI is InChI=1S/C28H32N6O2/c1-17-6-5-7-23(16-17)34-27-25(18(2)33-34)26(29-19(3)30-27)31-21-10-12-22(13-11-21)32-28(35)20-8-14-24(36-4)15-9-20/h5-9,14-16,21-22H,10-13H2,1-4H3,(H,32,35)(H,29,30,31). The summed E-state index contributed by atoms with van der Waals surface area (Å²) in [4.78, 5) is 22.1. The van der Waals surface area contributed by atoms with Gasteiger partial charge < -0.3 is 15.4 Å². The van der Waals surface area contributed by atoms with Gasteiger partial charge in [0.15, 0.2) is 5.65 Å². The summed E-state index contributed by atoms with van der Waals surface area (Å²) in [6, 6.07) is 15.9. The Bertz CT molecular complexity index is 1390. The molecular weight excluding hydrogens is 452 g/mol. The number of amides is 1. The van der Waals surface area contributed by atoms with Crippen molar-refractivity contribution in [3.63, 3.8) is 0 Å². The second-order valence-corrected chi connectivity index (χ2v) is 9.55. The molecule has 1 amide bonds. The SMILES string of the molecule is COc1ccc(C(=O)NC2CCC(Nc3nc(C)nc4c3c(C)nn4-c3cccc(C)c3)CC2)cc1. The Hall–Kier alpha value is -3.94. The van der Waals surface area contributed by atoms with Crippen LogP contribution in [0.15, 0.2) is 48.5 Å². The highest BCUT2D eigenvalue weighted by Crippen LogP contribution is 2.29. The first-order chi connectivity index (χ1) is 17.4. The third-order valence-corrected chi connectivity index (χ3v) is 6.82. The minimum absolute atomic E-state index is 0.0404. The van der Waals surface area contributed by atoms with Crippen molar-refractivity contribution in [2.45, 2.75) is 58.5 Å². The van der Waals surface area contributed by atoms with Gasteiger partial charge in [0.2, 0.25) is 0 Å². The van der Waals surface area contributed by atoms with Crippen LogP contribution in [0.25, 0.3) is 16.7 Å². The minimum atomic E-state index is -0.0404. The van der Waals surface area contributed by atoms with E-state index in [1.165, 1.54) is 5.56 Å². The van der Waals surface area contributed by atoms with E-state index < -0.39 is 0 Å². The van der Waals surface area contributed by atoms with Crippen LogP contribution in [0.2, 0.25) is 0 Å². The lowest BCUT2D eigenvalue weighted by Crippen LogP contribution is -2.40. The van der Waals surface area contributed by atoms with Gasteiger partial charge in [-0.05, 0) is 88.4 Å². The number of aryl methyl sites for hydroxylation is 3. The third kappa shape index (κ3) is 4.89. The molecule has 0 radical (unpaired) electrons. The van der Waals surface area contributed by atoms with Crippen molar-refractivity contribution in [1.82, 2.24) is 25.1 Å². The zero-order chi connectivity index (χ0) is 25.2. The summed E-state index contributed by atoms with van der Waals surface area (Å²) in [6.45, 7) is 5.99. The first-order valence-electron chi connectivity index (χ1n) is 12.4. The summed E-state index contributed by atoms with van der Waals surface area (Å²) in [5, 5.41) is 12.6. The fraction of sp³-hybridized carbons (Fsp3) is 0.357. The van der Waals surface area contributed by atoms with E-state index in [4.69, 9.17) is 19.8 Å². The zero-order valence-corrected chi connectivity index (χ0v) is 21.2. The molecule has 8 heteroatoms. The molecule has 2 N–H and O–H groups in total. The number of rotatable bonds is 6. The molecule has 4 aromatic rings. The molecule has 1 aliphatic carbocycles. The van der Waals surface area contributed by atoms with Crippen LogP contribution in [0.5, 0.6) is 5.75 Å². The average Bonchev–Trinajstić information content (AvgIpc) is 3.21. The number of aromatic nitrogens is 4. The van der Waals surface area contributed by atoms with Crippen LogP contribution in [0.3, 0.4) is 0 Å². The maximum absolute atomic E-state index is 12.7. The molecule has 2 aromatic carbocycles. The van der Waals surface area contributed by atoms with Gasteiger partial charge in [-0.25, -0.2) is 14.6 Å². The normalized spacial score (nSPS) is 17.7. The number of hydrogen-bond acceptors (Lipinski definition) is 6. The minimum Gasteiger partial charge on any atom is -0.497 e. The summed E-state index contributed by atoms with van der Waals surface area (Å²) in [7, 11) is 1.62. The maximum atomic E-state index is 12.7. The Morgan fingerprint density at radius 1 is 0.972 bits per heavy atom. The fourth-order valence-electron chi connectivity index (χ4n) is 4.92. The van der Waals surface area contributed by atoms with E-state index in [1.54, 1.807) is 19.2 Å². The van der Waals surface area contributed by atoms with Gasteiger partial charge in [-0.3, -0.25) is 4.79 Å². The number of fused-ring (bicyclic) bond motifs is 1. The van der Waals surface area contributed by atoms with Crippen molar-refractivity contribution in [2.24, 2.45) is 0 Å². The van der Waals surface area contributed by atoms with Crippen molar-refractivity contribution in [1.29, 1.82) is 0 Å². The number of carbonyl (C=O) groups excluding carboxylic acids is 1. The van der Waals surface area contributed by atoms with Crippen molar-refractivity contribution in [2.75, 3.05) is 12.4 Å². The molecule has 1 saturated carbocycles. The van der Waals surface area contributed by atoms with E-state index >= 15 is 0 Å². The molecule has 0 aliphatic heterocycles.